The van der Waals surface area contributed by atoms with Crippen molar-refractivity contribution in [3.05, 3.63) is 40.4 Å². The molecule has 0 aliphatic carbocycles. The first-order chi connectivity index (χ1) is 7.72. The van der Waals surface area contributed by atoms with E-state index in [9.17, 15) is 0 Å². The van der Waals surface area contributed by atoms with E-state index in [1.54, 1.807) is 7.11 Å². The third-order valence-corrected chi connectivity index (χ3v) is 2.62. The number of aromatic nitrogens is 3. The standard InChI is InChI=1S/C11H13N3OS/c1-8-12-13-11(16)14(8)10-5-3-9(4-6-10)7-15-2/h3-6H,7H2,1-2H3,(H,13,16). The van der Waals surface area contributed by atoms with Gasteiger partial charge in [-0.2, -0.15) is 5.10 Å². The molecule has 1 aromatic heterocycles. The van der Waals surface area contributed by atoms with E-state index in [2.05, 4.69) is 10.2 Å². The van der Waals surface area contributed by atoms with Crippen LogP contribution in [0.4, 0.5) is 0 Å². The van der Waals surface area contributed by atoms with Gasteiger partial charge in [0.25, 0.3) is 0 Å². The summed E-state index contributed by atoms with van der Waals surface area (Å²) in [7, 11) is 1.68. The summed E-state index contributed by atoms with van der Waals surface area (Å²) in [6.45, 7) is 2.53. The molecule has 84 valence electrons. The van der Waals surface area contributed by atoms with E-state index in [4.69, 9.17) is 17.0 Å². The maximum Gasteiger partial charge on any atom is 0.199 e. The Morgan fingerprint density at radius 2 is 2.06 bits per heavy atom. The number of methoxy groups -OCH3 is 1. The highest BCUT2D eigenvalue weighted by atomic mass is 32.1. The van der Waals surface area contributed by atoms with Crippen LogP contribution in [0.15, 0.2) is 24.3 Å². The van der Waals surface area contributed by atoms with E-state index in [1.807, 2.05) is 35.8 Å². The van der Waals surface area contributed by atoms with Gasteiger partial charge >= 0.3 is 0 Å². The van der Waals surface area contributed by atoms with Crippen molar-refractivity contribution in [2.45, 2.75) is 13.5 Å². The zero-order valence-electron chi connectivity index (χ0n) is 9.23. The normalized spacial score (nSPS) is 10.6. The quantitative estimate of drug-likeness (QED) is 0.831. The number of hydrogen-bond donors (Lipinski definition) is 1. The molecule has 4 nitrogen and oxygen atoms in total. The minimum Gasteiger partial charge on any atom is -0.380 e. The first-order valence-corrected chi connectivity index (χ1v) is 5.35. The molecule has 2 aromatic rings. The fraction of sp³-hybridized carbons (Fsp3) is 0.273. The zero-order chi connectivity index (χ0) is 11.5. The molecular formula is C11H13N3OS. The Labute approximate surface area is 98.9 Å². The van der Waals surface area contributed by atoms with Crippen LogP contribution in [0.2, 0.25) is 0 Å². The molecule has 0 unspecified atom stereocenters. The van der Waals surface area contributed by atoms with Gasteiger partial charge in [0, 0.05) is 12.8 Å². The van der Waals surface area contributed by atoms with E-state index in [1.165, 1.54) is 0 Å². The molecule has 0 aliphatic rings. The SMILES string of the molecule is COCc1ccc(-n2c(C)n[nH]c2=S)cc1. The summed E-state index contributed by atoms with van der Waals surface area (Å²) in [6, 6.07) is 8.06. The van der Waals surface area contributed by atoms with Crippen LogP contribution in [0, 0.1) is 11.7 Å². The summed E-state index contributed by atoms with van der Waals surface area (Å²) in [5.41, 5.74) is 2.15. The number of ether oxygens (including phenoxy) is 1. The van der Waals surface area contributed by atoms with Crippen LogP contribution in [0.3, 0.4) is 0 Å². The Morgan fingerprint density at radius 1 is 1.38 bits per heavy atom. The summed E-state index contributed by atoms with van der Waals surface area (Å²) in [5, 5.41) is 6.84. The Bertz CT molecular complexity index is 527. The molecular weight excluding hydrogens is 222 g/mol. The summed E-state index contributed by atoms with van der Waals surface area (Å²) in [4.78, 5) is 0. The van der Waals surface area contributed by atoms with Gasteiger partial charge in [-0.3, -0.25) is 9.67 Å². The van der Waals surface area contributed by atoms with Gasteiger partial charge in [0.05, 0.1) is 6.61 Å². The largest absolute Gasteiger partial charge is 0.380 e. The fourth-order valence-corrected chi connectivity index (χ4v) is 1.87. The molecule has 16 heavy (non-hydrogen) atoms. The minimum absolute atomic E-state index is 0.608. The summed E-state index contributed by atoms with van der Waals surface area (Å²) < 4.78 is 7.56. The van der Waals surface area contributed by atoms with E-state index in [-0.39, 0.29) is 0 Å². The second-order valence-corrected chi connectivity index (χ2v) is 3.90. The molecule has 0 saturated heterocycles. The predicted octanol–water partition coefficient (Wildman–Crippen LogP) is 2.38. The molecule has 0 aliphatic heterocycles. The van der Waals surface area contributed by atoms with E-state index in [0.29, 0.717) is 11.4 Å². The van der Waals surface area contributed by atoms with Crippen molar-refractivity contribution in [3.8, 4) is 5.69 Å². The molecule has 5 heteroatoms. The molecule has 0 atom stereocenters. The zero-order valence-corrected chi connectivity index (χ0v) is 10.0. The van der Waals surface area contributed by atoms with Crippen LogP contribution in [0.25, 0.3) is 5.69 Å². The molecule has 0 saturated carbocycles. The van der Waals surface area contributed by atoms with Gasteiger partial charge in [0.15, 0.2) is 4.77 Å². The van der Waals surface area contributed by atoms with Crippen molar-refractivity contribution in [1.29, 1.82) is 0 Å². The molecule has 1 N–H and O–H groups in total. The number of aryl methyl sites for hydroxylation is 1. The van der Waals surface area contributed by atoms with Crippen LogP contribution in [-0.2, 0) is 11.3 Å². The summed E-state index contributed by atoms with van der Waals surface area (Å²) >= 11 is 5.16. The third kappa shape index (κ3) is 2.05. The number of nitrogens with zero attached hydrogens (tertiary/aromatic N) is 2. The molecule has 0 spiro atoms. The molecule has 2 rings (SSSR count). The average molecular weight is 235 g/mol. The maximum atomic E-state index is 5.16. The number of aromatic amines is 1. The fourth-order valence-electron chi connectivity index (χ4n) is 1.59. The first-order valence-electron chi connectivity index (χ1n) is 4.94. The maximum absolute atomic E-state index is 5.16. The lowest BCUT2D eigenvalue weighted by Crippen LogP contribution is -1.97. The van der Waals surface area contributed by atoms with E-state index < -0.39 is 0 Å². The lowest BCUT2D eigenvalue weighted by Gasteiger charge is -2.05. The highest BCUT2D eigenvalue weighted by molar-refractivity contribution is 7.71. The minimum atomic E-state index is 0.608. The van der Waals surface area contributed by atoms with Crippen LogP contribution >= 0.6 is 12.2 Å². The van der Waals surface area contributed by atoms with Crippen molar-refractivity contribution in [2.75, 3.05) is 7.11 Å². The Balaban J connectivity index is 2.39. The van der Waals surface area contributed by atoms with Gasteiger partial charge < -0.3 is 4.74 Å². The van der Waals surface area contributed by atoms with Crippen molar-refractivity contribution in [2.24, 2.45) is 0 Å². The van der Waals surface area contributed by atoms with Gasteiger partial charge in [-0.25, -0.2) is 0 Å². The van der Waals surface area contributed by atoms with Gasteiger partial charge in [0.2, 0.25) is 0 Å². The van der Waals surface area contributed by atoms with E-state index >= 15 is 0 Å². The van der Waals surface area contributed by atoms with Crippen LogP contribution in [-0.4, -0.2) is 21.9 Å². The average Bonchev–Trinajstić information content (AvgIpc) is 2.61. The van der Waals surface area contributed by atoms with Gasteiger partial charge in [-0.15, -0.1) is 0 Å². The molecule has 1 aromatic carbocycles. The molecule has 0 fully saturated rings. The third-order valence-electron chi connectivity index (χ3n) is 2.35. The smallest absolute Gasteiger partial charge is 0.199 e. The highest BCUT2D eigenvalue weighted by Crippen LogP contribution is 2.12. The van der Waals surface area contributed by atoms with Crippen LogP contribution in [0.1, 0.15) is 11.4 Å². The predicted molar refractivity (Wildman–Crippen MR) is 64.2 cm³/mol. The van der Waals surface area contributed by atoms with Crippen molar-refractivity contribution >= 4 is 12.2 Å². The Hall–Kier alpha value is -1.46. The highest BCUT2D eigenvalue weighted by Gasteiger charge is 2.03. The van der Waals surface area contributed by atoms with Gasteiger partial charge in [0.1, 0.15) is 5.82 Å². The van der Waals surface area contributed by atoms with Crippen LogP contribution < -0.4 is 0 Å². The van der Waals surface area contributed by atoms with Gasteiger partial charge in [-0.1, -0.05) is 12.1 Å². The lowest BCUT2D eigenvalue weighted by atomic mass is 10.2. The topological polar surface area (TPSA) is 42.8 Å². The lowest BCUT2D eigenvalue weighted by molar-refractivity contribution is 0.185. The second kappa shape index (κ2) is 4.59. The number of rotatable bonds is 3. The number of H-pyrrole nitrogens is 1. The van der Waals surface area contributed by atoms with Crippen molar-refractivity contribution in [3.63, 3.8) is 0 Å². The Morgan fingerprint density at radius 3 is 2.56 bits per heavy atom. The Kier molecular flexibility index (Phi) is 3.17. The van der Waals surface area contributed by atoms with Crippen molar-refractivity contribution in [1.82, 2.24) is 14.8 Å². The van der Waals surface area contributed by atoms with Crippen molar-refractivity contribution < 1.29 is 4.74 Å². The summed E-state index contributed by atoms with van der Waals surface area (Å²) in [5.74, 6) is 0.851. The molecule has 0 amide bonds. The second-order valence-electron chi connectivity index (χ2n) is 3.51. The first kappa shape index (κ1) is 11.0. The van der Waals surface area contributed by atoms with E-state index in [0.717, 1.165) is 17.1 Å². The monoisotopic (exact) mass is 235 g/mol. The molecule has 1 heterocycles. The van der Waals surface area contributed by atoms with Gasteiger partial charge in [-0.05, 0) is 36.8 Å². The molecule has 0 bridgehead atoms. The number of benzene rings is 1. The van der Waals surface area contributed by atoms with Crippen LogP contribution in [0.5, 0.6) is 0 Å². The molecule has 0 radical (unpaired) electrons. The number of nitrogens with one attached hydrogen (secondary N) is 1. The summed E-state index contributed by atoms with van der Waals surface area (Å²) in [6.07, 6.45) is 0. The number of hydrogen-bond acceptors (Lipinski definition) is 3.